The van der Waals surface area contributed by atoms with Gasteiger partial charge in [0.05, 0.1) is 12.7 Å². The number of hydrogen-bond acceptors (Lipinski definition) is 3. The molecule has 1 aromatic carbocycles. The third-order valence-corrected chi connectivity index (χ3v) is 3.04. The third kappa shape index (κ3) is 7.43. The van der Waals surface area contributed by atoms with Crippen molar-refractivity contribution in [1.82, 2.24) is 5.32 Å². The minimum Gasteiger partial charge on any atom is -0.389 e. The van der Waals surface area contributed by atoms with Crippen molar-refractivity contribution in [3.05, 3.63) is 29.8 Å². The Morgan fingerprint density at radius 1 is 1.27 bits per heavy atom. The highest BCUT2D eigenvalue weighted by Gasteiger charge is 2.09. The predicted molar refractivity (Wildman–Crippen MR) is 89.1 cm³/mol. The Labute approximate surface area is 133 Å². The standard InChI is InChI=1S/C17H28N2O3/c1-4-7-14-8-5-6-9-16(14)19-17(21)18-10-15(20)12-22-11-13(2)3/h5-6,8-9,13,15,20H,4,7,10-12H2,1-3H3,(H2,18,19,21). The number of para-hydroxylation sites is 1. The molecule has 22 heavy (non-hydrogen) atoms. The molecule has 1 aromatic rings. The summed E-state index contributed by atoms with van der Waals surface area (Å²) in [5.41, 5.74) is 1.92. The van der Waals surface area contributed by atoms with Crippen molar-refractivity contribution in [3.8, 4) is 0 Å². The number of hydrogen-bond donors (Lipinski definition) is 3. The molecule has 0 radical (unpaired) electrons. The lowest BCUT2D eigenvalue weighted by Crippen LogP contribution is -2.37. The number of aliphatic hydroxyl groups excluding tert-OH is 1. The maximum Gasteiger partial charge on any atom is 0.319 e. The van der Waals surface area contributed by atoms with Crippen molar-refractivity contribution in [3.63, 3.8) is 0 Å². The van der Waals surface area contributed by atoms with Gasteiger partial charge in [-0.3, -0.25) is 0 Å². The van der Waals surface area contributed by atoms with Crippen LogP contribution in [0.4, 0.5) is 10.5 Å². The molecular formula is C17H28N2O3. The number of aliphatic hydroxyl groups is 1. The zero-order valence-electron chi connectivity index (χ0n) is 13.8. The molecule has 124 valence electrons. The number of urea groups is 1. The van der Waals surface area contributed by atoms with E-state index in [2.05, 4.69) is 17.6 Å². The maximum atomic E-state index is 11.9. The molecule has 1 rings (SSSR count). The quantitative estimate of drug-likeness (QED) is 0.657. The van der Waals surface area contributed by atoms with Gasteiger partial charge in [0.2, 0.25) is 0 Å². The summed E-state index contributed by atoms with van der Waals surface area (Å²) in [6, 6.07) is 7.43. The summed E-state index contributed by atoms with van der Waals surface area (Å²) >= 11 is 0. The lowest BCUT2D eigenvalue weighted by atomic mass is 10.1. The monoisotopic (exact) mass is 308 g/mol. The molecule has 0 heterocycles. The lowest BCUT2D eigenvalue weighted by Gasteiger charge is -2.15. The summed E-state index contributed by atoms with van der Waals surface area (Å²) in [6.07, 6.45) is 1.24. The number of aryl methyl sites for hydroxylation is 1. The van der Waals surface area contributed by atoms with Gasteiger partial charge in [0.1, 0.15) is 0 Å². The van der Waals surface area contributed by atoms with E-state index in [4.69, 9.17) is 4.74 Å². The van der Waals surface area contributed by atoms with Crippen LogP contribution in [-0.4, -0.2) is 37.0 Å². The Morgan fingerprint density at radius 2 is 2.00 bits per heavy atom. The Bertz CT molecular complexity index is 449. The lowest BCUT2D eigenvalue weighted by molar-refractivity contribution is 0.0274. The molecule has 3 N–H and O–H groups in total. The van der Waals surface area contributed by atoms with Crippen molar-refractivity contribution >= 4 is 11.7 Å². The van der Waals surface area contributed by atoms with Gasteiger partial charge in [-0.25, -0.2) is 4.79 Å². The highest BCUT2D eigenvalue weighted by Crippen LogP contribution is 2.16. The van der Waals surface area contributed by atoms with Crippen LogP contribution in [0.15, 0.2) is 24.3 Å². The summed E-state index contributed by atoms with van der Waals surface area (Å²) < 4.78 is 5.34. The number of nitrogens with one attached hydrogen (secondary N) is 2. The summed E-state index contributed by atoms with van der Waals surface area (Å²) in [7, 11) is 0. The maximum absolute atomic E-state index is 11.9. The van der Waals surface area contributed by atoms with Crippen LogP contribution >= 0.6 is 0 Å². The molecule has 5 nitrogen and oxygen atoms in total. The van der Waals surface area contributed by atoms with Crippen LogP contribution in [0.25, 0.3) is 0 Å². The summed E-state index contributed by atoms with van der Waals surface area (Å²) in [5, 5.41) is 15.2. The molecule has 1 unspecified atom stereocenters. The van der Waals surface area contributed by atoms with Gasteiger partial charge in [-0.2, -0.15) is 0 Å². The number of ether oxygens (including phenoxy) is 1. The van der Waals surface area contributed by atoms with Crippen molar-refractivity contribution in [2.45, 2.75) is 39.7 Å². The Balaban J connectivity index is 2.34. The third-order valence-electron chi connectivity index (χ3n) is 3.04. The fraction of sp³-hybridized carbons (Fsp3) is 0.588. The minimum atomic E-state index is -0.699. The van der Waals surface area contributed by atoms with E-state index >= 15 is 0 Å². The molecule has 0 aromatic heterocycles. The Morgan fingerprint density at radius 3 is 2.68 bits per heavy atom. The molecule has 0 spiro atoms. The van der Waals surface area contributed by atoms with E-state index in [-0.39, 0.29) is 19.2 Å². The predicted octanol–water partition coefficient (Wildman–Crippen LogP) is 2.79. The first-order chi connectivity index (χ1) is 10.5. The smallest absolute Gasteiger partial charge is 0.319 e. The Hall–Kier alpha value is -1.59. The molecule has 0 bridgehead atoms. The van der Waals surface area contributed by atoms with E-state index < -0.39 is 6.10 Å². The molecule has 1 atom stereocenters. The molecule has 0 aliphatic heterocycles. The van der Waals surface area contributed by atoms with Gasteiger partial charge in [-0.1, -0.05) is 45.4 Å². The number of rotatable bonds is 9. The van der Waals surface area contributed by atoms with Gasteiger partial charge in [0, 0.05) is 18.8 Å². The SMILES string of the molecule is CCCc1ccccc1NC(=O)NCC(O)COCC(C)C. The zero-order chi connectivity index (χ0) is 16.4. The number of carbonyl (C=O) groups is 1. The minimum absolute atomic E-state index is 0.167. The fourth-order valence-electron chi connectivity index (χ4n) is 2.01. The van der Waals surface area contributed by atoms with Crippen LogP contribution in [-0.2, 0) is 11.2 Å². The van der Waals surface area contributed by atoms with Gasteiger partial charge in [0.25, 0.3) is 0 Å². The van der Waals surface area contributed by atoms with E-state index in [1.807, 2.05) is 38.1 Å². The average Bonchev–Trinajstić information content (AvgIpc) is 2.47. The molecule has 0 fully saturated rings. The van der Waals surface area contributed by atoms with Crippen LogP contribution in [0.5, 0.6) is 0 Å². The second-order valence-corrected chi connectivity index (χ2v) is 5.83. The molecule has 0 aliphatic rings. The average molecular weight is 308 g/mol. The van der Waals surface area contributed by atoms with Gasteiger partial charge < -0.3 is 20.5 Å². The normalized spacial score (nSPS) is 12.2. The van der Waals surface area contributed by atoms with E-state index in [1.54, 1.807) is 0 Å². The van der Waals surface area contributed by atoms with Gasteiger partial charge >= 0.3 is 6.03 Å². The van der Waals surface area contributed by atoms with Crippen molar-refractivity contribution in [1.29, 1.82) is 0 Å². The number of amides is 2. The fourth-order valence-corrected chi connectivity index (χ4v) is 2.01. The van der Waals surface area contributed by atoms with E-state index in [9.17, 15) is 9.90 Å². The summed E-state index contributed by atoms with van der Waals surface area (Å²) in [5.74, 6) is 0.429. The molecule has 0 saturated heterocycles. The number of anilines is 1. The molecule has 0 saturated carbocycles. The number of benzene rings is 1. The highest BCUT2D eigenvalue weighted by molar-refractivity contribution is 5.90. The number of carbonyl (C=O) groups excluding carboxylic acids is 1. The summed E-state index contributed by atoms with van der Waals surface area (Å²) in [4.78, 5) is 11.9. The first kappa shape index (κ1) is 18.5. The summed E-state index contributed by atoms with van der Waals surface area (Å²) in [6.45, 7) is 7.19. The van der Waals surface area contributed by atoms with Crippen molar-refractivity contribution < 1.29 is 14.6 Å². The van der Waals surface area contributed by atoms with Crippen molar-refractivity contribution in [2.24, 2.45) is 5.92 Å². The molecular weight excluding hydrogens is 280 g/mol. The van der Waals surface area contributed by atoms with Gasteiger partial charge in [0.15, 0.2) is 0 Å². The largest absolute Gasteiger partial charge is 0.389 e. The van der Waals surface area contributed by atoms with Gasteiger partial charge in [-0.15, -0.1) is 0 Å². The second-order valence-electron chi connectivity index (χ2n) is 5.83. The van der Waals surface area contributed by atoms with Gasteiger partial charge in [-0.05, 0) is 24.0 Å². The van der Waals surface area contributed by atoms with E-state index in [1.165, 1.54) is 0 Å². The molecule has 2 amide bonds. The van der Waals surface area contributed by atoms with Crippen LogP contribution < -0.4 is 10.6 Å². The van der Waals surface area contributed by atoms with Crippen LogP contribution in [0.2, 0.25) is 0 Å². The molecule has 5 heteroatoms. The van der Waals surface area contributed by atoms with E-state index in [0.717, 1.165) is 24.1 Å². The van der Waals surface area contributed by atoms with Crippen molar-refractivity contribution in [2.75, 3.05) is 25.1 Å². The Kier molecular flexibility index (Phi) is 8.55. The van der Waals surface area contributed by atoms with Crippen LogP contribution in [0, 0.1) is 5.92 Å². The first-order valence-electron chi connectivity index (χ1n) is 7.91. The van der Waals surface area contributed by atoms with Crippen LogP contribution in [0.1, 0.15) is 32.8 Å². The highest BCUT2D eigenvalue weighted by atomic mass is 16.5. The second kappa shape index (κ2) is 10.2. The topological polar surface area (TPSA) is 70.6 Å². The van der Waals surface area contributed by atoms with E-state index in [0.29, 0.717) is 12.5 Å². The van der Waals surface area contributed by atoms with Crippen LogP contribution in [0.3, 0.4) is 0 Å². The molecule has 0 aliphatic carbocycles. The first-order valence-corrected chi connectivity index (χ1v) is 7.91. The zero-order valence-corrected chi connectivity index (χ0v) is 13.8.